The molecule has 3 rings (SSSR count). The maximum atomic E-state index is 5.71. The zero-order valence-corrected chi connectivity index (χ0v) is 12.0. The summed E-state index contributed by atoms with van der Waals surface area (Å²) >= 11 is 0. The molecule has 1 N–H and O–H groups in total. The molecule has 1 saturated heterocycles. The number of methoxy groups -OCH3 is 1. The predicted molar refractivity (Wildman–Crippen MR) is 80.1 cm³/mol. The molecule has 1 unspecified atom stereocenters. The number of hydrogen-bond donors (Lipinski definition) is 1. The zero-order valence-electron chi connectivity index (χ0n) is 12.0. The zero-order chi connectivity index (χ0) is 13.3. The van der Waals surface area contributed by atoms with Crippen LogP contribution in [-0.4, -0.2) is 32.3 Å². The van der Waals surface area contributed by atoms with Gasteiger partial charge in [-0.05, 0) is 44.2 Å². The highest BCUT2D eigenvalue weighted by molar-refractivity contribution is 5.74. The van der Waals surface area contributed by atoms with E-state index in [4.69, 9.17) is 4.74 Å². The molecule has 1 aromatic carbocycles. The number of anilines is 2. The maximum Gasteiger partial charge on any atom is 0.0825 e. The normalized spacial score (nSPS) is 26.7. The minimum atomic E-state index is -0.00432. The van der Waals surface area contributed by atoms with Crippen molar-refractivity contribution in [2.24, 2.45) is 0 Å². The SMILES string of the molecule is COC1(C)CCCN(c2cccc3c2NCCC3)C1. The Morgan fingerprint density at radius 2 is 2.21 bits per heavy atom. The molecule has 19 heavy (non-hydrogen) atoms. The number of piperidine rings is 1. The fourth-order valence-electron chi connectivity index (χ4n) is 3.33. The van der Waals surface area contributed by atoms with Gasteiger partial charge in [0.05, 0.1) is 17.0 Å². The van der Waals surface area contributed by atoms with Gasteiger partial charge in [-0.1, -0.05) is 12.1 Å². The first-order valence-electron chi connectivity index (χ1n) is 7.38. The first kappa shape index (κ1) is 12.8. The lowest BCUT2D eigenvalue weighted by molar-refractivity contribution is -0.00463. The fourth-order valence-corrected chi connectivity index (χ4v) is 3.33. The van der Waals surface area contributed by atoms with Crippen LogP contribution in [0.5, 0.6) is 0 Å². The standard InChI is InChI=1S/C16H24N2O/c1-16(19-2)9-5-11-18(12-16)14-8-3-6-13-7-4-10-17-15(13)14/h3,6,8,17H,4-5,7,9-12H2,1-2H3. The van der Waals surface area contributed by atoms with E-state index in [1.807, 2.05) is 7.11 Å². The van der Waals surface area contributed by atoms with E-state index in [1.165, 1.54) is 36.2 Å². The molecule has 0 spiro atoms. The Kier molecular flexibility index (Phi) is 3.40. The van der Waals surface area contributed by atoms with Crippen molar-refractivity contribution in [1.82, 2.24) is 0 Å². The Balaban J connectivity index is 1.89. The summed E-state index contributed by atoms with van der Waals surface area (Å²) in [5.41, 5.74) is 4.18. The van der Waals surface area contributed by atoms with Gasteiger partial charge in [-0.2, -0.15) is 0 Å². The van der Waals surface area contributed by atoms with Crippen LogP contribution < -0.4 is 10.2 Å². The lowest BCUT2D eigenvalue weighted by atomic mass is 9.93. The second-order valence-corrected chi connectivity index (χ2v) is 6.02. The third kappa shape index (κ3) is 2.44. The van der Waals surface area contributed by atoms with Crippen molar-refractivity contribution in [3.63, 3.8) is 0 Å². The third-order valence-corrected chi connectivity index (χ3v) is 4.55. The van der Waals surface area contributed by atoms with E-state index in [0.29, 0.717) is 0 Å². The molecule has 2 aliphatic heterocycles. The molecule has 0 amide bonds. The summed E-state index contributed by atoms with van der Waals surface area (Å²) in [5.74, 6) is 0. The van der Waals surface area contributed by atoms with Crippen molar-refractivity contribution in [2.45, 2.75) is 38.2 Å². The number of rotatable bonds is 2. The molecule has 1 fully saturated rings. The molecule has 0 bridgehead atoms. The number of ether oxygens (including phenoxy) is 1. The lowest BCUT2D eigenvalue weighted by Gasteiger charge is -2.42. The molecule has 0 aromatic heterocycles. The molecule has 104 valence electrons. The van der Waals surface area contributed by atoms with Crippen LogP contribution in [0.3, 0.4) is 0 Å². The highest BCUT2D eigenvalue weighted by Gasteiger charge is 2.32. The van der Waals surface area contributed by atoms with Gasteiger partial charge >= 0.3 is 0 Å². The minimum Gasteiger partial charge on any atom is -0.383 e. The Bertz CT molecular complexity index is 460. The largest absolute Gasteiger partial charge is 0.383 e. The summed E-state index contributed by atoms with van der Waals surface area (Å²) in [6.07, 6.45) is 4.80. The van der Waals surface area contributed by atoms with E-state index < -0.39 is 0 Å². The average Bonchev–Trinajstić information content (AvgIpc) is 2.47. The number of nitrogens with zero attached hydrogens (tertiary/aromatic N) is 1. The molecule has 3 heteroatoms. The van der Waals surface area contributed by atoms with Crippen molar-refractivity contribution >= 4 is 11.4 Å². The Hall–Kier alpha value is -1.22. The minimum absolute atomic E-state index is 0.00432. The highest BCUT2D eigenvalue weighted by Crippen LogP contribution is 2.36. The molecule has 2 heterocycles. The quantitative estimate of drug-likeness (QED) is 0.884. The predicted octanol–water partition coefficient (Wildman–Crippen LogP) is 3.05. The van der Waals surface area contributed by atoms with Crippen molar-refractivity contribution in [1.29, 1.82) is 0 Å². The van der Waals surface area contributed by atoms with Crippen LogP contribution in [0.15, 0.2) is 18.2 Å². The van der Waals surface area contributed by atoms with Crippen molar-refractivity contribution in [3.8, 4) is 0 Å². The highest BCUT2D eigenvalue weighted by atomic mass is 16.5. The summed E-state index contributed by atoms with van der Waals surface area (Å²) in [4.78, 5) is 2.49. The fraction of sp³-hybridized carbons (Fsp3) is 0.625. The van der Waals surface area contributed by atoms with Gasteiger partial charge in [-0.25, -0.2) is 0 Å². The molecule has 3 nitrogen and oxygen atoms in total. The Labute approximate surface area is 115 Å². The number of hydrogen-bond acceptors (Lipinski definition) is 3. The van der Waals surface area contributed by atoms with E-state index in [1.54, 1.807) is 0 Å². The monoisotopic (exact) mass is 260 g/mol. The number of para-hydroxylation sites is 1. The van der Waals surface area contributed by atoms with Gasteiger partial charge in [0.15, 0.2) is 0 Å². The molecule has 2 aliphatic rings. The Morgan fingerprint density at radius 1 is 1.32 bits per heavy atom. The summed E-state index contributed by atoms with van der Waals surface area (Å²) < 4.78 is 5.71. The third-order valence-electron chi connectivity index (χ3n) is 4.55. The van der Waals surface area contributed by atoms with E-state index in [-0.39, 0.29) is 5.60 Å². The van der Waals surface area contributed by atoms with Gasteiger partial charge in [0, 0.05) is 26.7 Å². The van der Waals surface area contributed by atoms with Crippen LogP contribution in [0.2, 0.25) is 0 Å². The number of fused-ring (bicyclic) bond motifs is 1. The van der Waals surface area contributed by atoms with Gasteiger partial charge in [-0.15, -0.1) is 0 Å². The van der Waals surface area contributed by atoms with Crippen molar-refractivity contribution < 1.29 is 4.74 Å². The van der Waals surface area contributed by atoms with Crippen LogP contribution in [0.1, 0.15) is 31.7 Å². The van der Waals surface area contributed by atoms with Gasteiger partial charge in [0.2, 0.25) is 0 Å². The smallest absolute Gasteiger partial charge is 0.0825 e. The van der Waals surface area contributed by atoms with E-state index in [9.17, 15) is 0 Å². The van der Waals surface area contributed by atoms with Gasteiger partial charge in [0.25, 0.3) is 0 Å². The Morgan fingerprint density at radius 3 is 3.05 bits per heavy atom. The second kappa shape index (κ2) is 5.04. The van der Waals surface area contributed by atoms with E-state index in [2.05, 4.69) is 35.3 Å². The van der Waals surface area contributed by atoms with Crippen molar-refractivity contribution in [2.75, 3.05) is 37.0 Å². The molecule has 0 aliphatic carbocycles. The summed E-state index contributed by atoms with van der Waals surface area (Å²) in [6, 6.07) is 6.70. The average molecular weight is 260 g/mol. The van der Waals surface area contributed by atoms with Gasteiger partial charge in [0.1, 0.15) is 0 Å². The second-order valence-electron chi connectivity index (χ2n) is 6.02. The van der Waals surface area contributed by atoms with E-state index >= 15 is 0 Å². The molecule has 0 saturated carbocycles. The van der Waals surface area contributed by atoms with E-state index in [0.717, 1.165) is 26.1 Å². The molecular formula is C16H24N2O. The first-order chi connectivity index (χ1) is 9.22. The van der Waals surface area contributed by atoms with Crippen LogP contribution >= 0.6 is 0 Å². The first-order valence-corrected chi connectivity index (χ1v) is 7.38. The van der Waals surface area contributed by atoms with Gasteiger partial charge in [-0.3, -0.25) is 0 Å². The maximum absolute atomic E-state index is 5.71. The van der Waals surface area contributed by atoms with Crippen LogP contribution in [0.4, 0.5) is 11.4 Å². The topological polar surface area (TPSA) is 24.5 Å². The van der Waals surface area contributed by atoms with Gasteiger partial charge < -0.3 is 15.0 Å². The van der Waals surface area contributed by atoms with Crippen molar-refractivity contribution in [3.05, 3.63) is 23.8 Å². The summed E-state index contributed by atoms with van der Waals surface area (Å²) in [7, 11) is 1.84. The molecule has 1 atom stereocenters. The van der Waals surface area contributed by atoms with Crippen LogP contribution in [-0.2, 0) is 11.2 Å². The molecule has 0 radical (unpaired) electrons. The van der Waals surface area contributed by atoms with Crippen LogP contribution in [0, 0.1) is 0 Å². The van der Waals surface area contributed by atoms with Crippen LogP contribution in [0.25, 0.3) is 0 Å². The number of nitrogens with one attached hydrogen (secondary N) is 1. The summed E-state index contributed by atoms with van der Waals surface area (Å²) in [5, 5.41) is 3.59. The number of benzene rings is 1. The molecule has 1 aromatic rings. The molecular weight excluding hydrogens is 236 g/mol. The summed E-state index contributed by atoms with van der Waals surface area (Å²) in [6.45, 7) is 5.44. The number of aryl methyl sites for hydroxylation is 1. The lowest BCUT2D eigenvalue weighted by Crippen LogP contribution is -2.47.